The summed E-state index contributed by atoms with van der Waals surface area (Å²) in [4.78, 5) is 29.3. The molecule has 0 bridgehead atoms. The fourth-order valence-corrected chi connectivity index (χ4v) is 5.38. The number of hydrogen-bond acceptors (Lipinski definition) is 4. The lowest BCUT2D eigenvalue weighted by Crippen LogP contribution is -2.37. The summed E-state index contributed by atoms with van der Waals surface area (Å²) in [6.07, 6.45) is 0.966. The van der Waals surface area contributed by atoms with Gasteiger partial charge in [-0.05, 0) is 54.7 Å². The van der Waals surface area contributed by atoms with E-state index in [2.05, 4.69) is 10.6 Å². The van der Waals surface area contributed by atoms with Crippen molar-refractivity contribution in [1.82, 2.24) is 5.32 Å². The van der Waals surface area contributed by atoms with Gasteiger partial charge in [0.05, 0.1) is 5.69 Å². The Balaban J connectivity index is 1.57. The van der Waals surface area contributed by atoms with Crippen LogP contribution in [0.1, 0.15) is 42.7 Å². The first kappa shape index (κ1) is 25.4. The lowest BCUT2D eigenvalue weighted by Gasteiger charge is -2.37. The number of allylic oxidation sites excluding steroid dienone is 3. The minimum absolute atomic E-state index is 0.0277. The normalized spacial score (nSPS) is 19.1. The van der Waals surface area contributed by atoms with Crippen molar-refractivity contribution in [3.05, 3.63) is 118 Å². The zero-order valence-corrected chi connectivity index (χ0v) is 21.5. The number of benzene rings is 3. The van der Waals surface area contributed by atoms with E-state index in [-0.39, 0.29) is 17.4 Å². The summed E-state index contributed by atoms with van der Waals surface area (Å²) in [5.74, 6) is -2.78. The smallest absolute Gasteiger partial charge is 0.254 e. The molecule has 3 aromatic rings. The number of ketones is 1. The molecule has 1 heterocycles. The molecule has 2 aliphatic rings. The van der Waals surface area contributed by atoms with Crippen LogP contribution in [-0.2, 0) is 9.59 Å². The third-order valence-electron chi connectivity index (χ3n) is 7.27. The number of halogens is 2. The van der Waals surface area contributed by atoms with E-state index in [9.17, 15) is 18.4 Å². The van der Waals surface area contributed by atoms with Crippen molar-refractivity contribution in [3.63, 3.8) is 0 Å². The molecule has 0 fully saturated rings. The van der Waals surface area contributed by atoms with Gasteiger partial charge in [-0.1, -0.05) is 42.5 Å². The molecule has 5 rings (SSSR count). The van der Waals surface area contributed by atoms with E-state index in [4.69, 9.17) is 0 Å². The van der Waals surface area contributed by atoms with Gasteiger partial charge in [0.2, 0.25) is 0 Å². The Morgan fingerprint density at radius 2 is 1.66 bits per heavy atom. The van der Waals surface area contributed by atoms with Crippen molar-refractivity contribution >= 4 is 23.1 Å². The van der Waals surface area contributed by atoms with E-state index in [1.165, 1.54) is 6.07 Å². The minimum Gasteiger partial charge on any atom is -0.378 e. The van der Waals surface area contributed by atoms with Crippen LogP contribution in [0.15, 0.2) is 95.3 Å². The Morgan fingerprint density at radius 1 is 0.947 bits per heavy atom. The molecule has 0 spiro atoms. The summed E-state index contributed by atoms with van der Waals surface area (Å²) in [5.41, 5.74) is 5.03. The van der Waals surface area contributed by atoms with Crippen molar-refractivity contribution in [2.24, 2.45) is 0 Å². The van der Waals surface area contributed by atoms with Gasteiger partial charge in [0.25, 0.3) is 5.91 Å². The number of dihydropyridines is 1. The molecule has 3 aromatic carbocycles. The Bertz CT molecular complexity index is 1460. The van der Waals surface area contributed by atoms with Crippen LogP contribution in [0.3, 0.4) is 0 Å². The van der Waals surface area contributed by atoms with Crippen LogP contribution in [0.25, 0.3) is 0 Å². The highest BCUT2D eigenvalue weighted by atomic mass is 19.1. The highest BCUT2D eigenvalue weighted by molar-refractivity contribution is 6.10. The Morgan fingerprint density at radius 3 is 2.32 bits per heavy atom. The standard InChI is InChI=1S/C31H29F2N3O2/c1-18-28(31(38)35-25-14-11-22(32)17-24(25)33)29(20-9-12-23(13-10-20)36(2)3)30-26(34-18)15-21(16-27(30)37)19-7-5-4-6-8-19/h4-14,17,21,29,34H,15-16H2,1-3H3,(H,35,38)/t21-,29-/m1/s1. The topological polar surface area (TPSA) is 61.4 Å². The van der Waals surface area contributed by atoms with Crippen LogP contribution in [0.2, 0.25) is 0 Å². The average molecular weight is 514 g/mol. The van der Waals surface area contributed by atoms with Gasteiger partial charge >= 0.3 is 0 Å². The molecule has 0 unspecified atom stereocenters. The largest absolute Gasteiger partial charge is 0.378 e. The maximum atomic E-state index is 14.4. The molecule has 2 N–H and O–H groups in total. The maximum Gasteiger partial charge on any atom is 0.254 e. The molecule has 38 heavy (non-hydrogen) atoms. The van der Waals surface area contributed by atoms with Crippen molar-refractivity contribution in [2.45, 2.75) is 31.6 Å². The predicted octanol–water partition coefficient (Wildman–Crippen LogP) is 6.03. The van der Waals surface area contributed by atoms with Crippen molar-refractivity contribution in [2.75, 3.05) is 24.3 Å². The highest BCUT2D eigenvalue weighted by Gasteiger charge is 2.41. The molecule has 0 radical (unpaired) electrons. The van der Waals surface area contributed by atoms with Gasteiger partial charge in [-0.2, -0.15) is 0 Å². The second kappa shape index (κ2) is 10.2. The van der Waals surface area contributed by atoms with E-state index < -0.39 is 23.5 Å². The van der Waals surface area contributed by atoms with Crippen molar-refractivity contribution in [3.8, 4) is 0 Å². The molecule has 1 aliphatic heterocycles. The van der Waals surface area contributed by atoms with E-state index >= 15 is 0 Å². The fraction of sp³-hybridized carbons (Fsp3) is 0.226. The lowest BCUT2D eigenvalue weighted by atomic mass is 9.71. The van der Waals surface area contributed by atoms with Gasteiger partial charge in [-0.25, -0.2) is 8.78 Å². The summed E-state index contributed by atoms with van der Waals surface area (Å²) >= 11 is 0. The van der Waals surface area contributed by atoms with E-state index in [1.807, 2.05) is 73.6 Å². The molecule has 194 valence electrons. The van der Waals surface area contributed by atoms with Crippen LogP contribution < -0.4 is 15.5 Å². The summed E-state index contributed by atoms with van der Waals surface area (Å²) in [5, 5.41) is 5.93. The van der Waals surface area contributed by atoms with Crippen LogP contribution >= 0.6 is 0 Å². The molecule has 0 aromatic heterocycles. The highest BCUT2D eigenvalue weighted by Crippen LogP contribution is 2.46. The maximum absolute atomic E-state index is 14.4. The van der Waals surface area contributed by atoms with Crippen LogP contribution in [-0.4, -0.2) is 25.8 Å². The molecule has 5 nitrogen and oxygen atoms in total. The number of anilines is 2. The number of carbonyl (C=O) groups excluding carboxylic acids is 2. The monoisotopic (exact) mass is 513 g/mol. The Labute approximate surface area is 220 Å². The summed E-state index contributed by atoms with van der Waals surface area (Å²) in [6.45, 7) is 1.79. The minimum atomic E-state index is -0.869. The van der Waals surface area contributed by atoms with Crippen LogP contribution in [0.5, 0.6) is 0 Å². The quantitative estimate of drug-likeness (QED) is 0.437. The first-order valence-corrected chi connectivity index (χ1v) is 12.6. The SMILES string of the molecule is CC1=C(C(=O)Nc2ccc(F)cc2F)[C@@H](c2ccc(N(C)C)cc2)C2=C(C[C@@H](c3ccccc3)CC2=O)N1. The van der Waals surface area contributed by atoms with Gasteiger partial charge in [0, 0.05) is 60.7 Å². The Kier molecular flexibility index (Phi) is 6.85. The zero-order valence-electron chi connectivity index (χ0n) is 21.5. The Hall–Kier alpha value is -4.26. The first-order valence-electron chi connectivity index (χ1n) is 12.6. The lowest BCUT2D eigenvalue weighted by molar-refractivity contribution is -0.116. The third kappa shape index (κ3) is 4.84. The number of hydrogen-bond donors (Lipinski definition) is 2. The number of amides is 1. The zero-order chi connectivity index (χ0) is 27.0. The van der Waals surface area contributed by atoms with Gasteiger partial charge < -0.3 is 15.5 Å². The van der Waals surface area contributed by atoms with Gasteiger partial charge in [-0.3, -0.25) is 9.59 Å². The second-order valence-corrected chi connectivity index (χ2v) is 9.99. The molecular weight excluding hydrogens is 484 g/mol. The first-order chi connectivity index (χ1) is 18.2. The summed E-state index contributed by atoms with van der Waals surface area (Å²) in [7, 11) is 3.88. The molecule has 0 saturated carbocycles. The molecule has 1 amide bonds. The van der Waals surface area contributed by atoms with Gasteiger partial charge in [-0.15, -0.1) is 0 Å². The molecule has 2 atom stereocenters. The molecule has 1 aliphatic carbocycles. The van der Waals surface area contributed by atoms with Gasteiger partial charge in [0.1, 0.15) is 11.6 Å². The summed E-state index contributed by atoms with van der Waals surface area (Å²) < 4.78 is 27.8. The molecular formula is C31H29F2N3O2. The van der Waals surface area contributed by atoms with E-state index in [0.29, 0.717) is 29.7 Å². The fourth-order valence-electron chi connectivity index (χ4n) is 5.38. The van der Waals surface area contributed by atoms with Crippen LogP contribution in [0.4, 0.5) is 20.2 Å². The number of nitrogens with one attached hydrogen (secondary N) is 2. The average Bonchev–Trinajstić information content (AvgIpc) is 2.90. The van der Waals surface area contributed by atoms with E-state index in [1.54, 1.807) is 6.92 Å². The summed E-state index contributed by atoms with van der Waals surface area (Å²) in [6, 6.07) is 20.7. The van der Waals surface area contributed by atoms with Crippen LogP contribution in [0, 0.1) is 11.6 Å². The van der Waals surface area contributed by atoms with E-state index in [0.717, 1.165) is 34.6 Å². The predicted molar refractivity (Wildman–Crippen MR) is 145 cm³/mol. The number of rotatable bonds is 5. The second-order valence-electron chi connectivity index (χ2n) is 9.99. The number of nitrogens with zero attached hydrogens (tertiary/aromatic N) is 1. The molecule has 0 saturated heterocycles. The number of carbonyl (C=O) groups is 2. The molecule has 7 heteroatoms. The van der Waals surface area contributed by atoms with Gasteiger partial charge in [0.15, 0.2) is 5.78 Å². The van der Waals surface area contributed by atoms with Crippen molar-refractivity contribution < 1.29 is 18.4 Å². The third-order valence-corrected chi connectivity index (χ3v) is 7.27. The van der Waals surface area contributed by atoms with Crippen molar-refractivity contribution in [1.29, 1.82) is 0 Å². The number of Topliss-reactive ketones (excluding diaryl/α,β-unsaturated/α-hetero) is 1.